The molecule has 2 aromatic heterocycles. The van der Waals surface area contributed by atoms with E-state index in [0.717, 1.165) is 23.4 Å². The van der Waals surface area contributed by atoms with Crippen LogP contribution in [0.4, 0.5) is 46.8 Å². The van der Waals surface area contributed by atoms with Gasteiger partial charge in [0.15, 0.2) is 0 Å². The molecule has 21 heteroatoms. The number of rotatable bonds is 14. The lowest BCUT2D eigenvalue weighted by atomic mass is 10.1. The van der Waals surface area contributed by atoms with E-state index < -0.39 is 30.0 Å². The zero-order valence-electron chi connectivity index (χ0n) is 34.9. The van der Waals surface area contributed by atoms with E-state index in [-0.39, 0.29) is 55.2 Å². The Morgan fingerprint density at radius 3 is 1.42 bits per heavy atom. The first kappa shape index (κ1) is 46.6. The molecule has 2 saturated heterocycles. The van der Waals surface area contributed by atoms with Crippen molar-refractivity contribution in [2.45, 2.75) is 16.2 Å². The van der Waals surface area contributed by atoms with E-state index in [2.05, 4.69) is 45.9 Å². The average molecular weight is 908 g/mol. The van der Waals surface area contributed by atoms with E-state index in [1.54, 1.807) is 0 Å². The minimum atomic E-state index is -5.09. The Hall–Kier alpha value is -6.88. The molecule has 0 unspecified atom stereocenters. The highest BCUT2D eigenvalue weighted by atomic mass is 32.2. The number of nitrogens with zero attached hydrogens (tertiary/aromatic N) is 8. The molecular weight excluding hydrogens is 863 g/mol. The number of anilines is 8. The van der Waals surface area contributed by atoms with E-state index in [1.807, 2.05) is 70.5 Å². The summed E-state index contributed by atoms with van der Waals surface area (Å²) in [7, 11) is -10.2. The van der Waals surface area contributed by atoms with Gasteiger partial charge in [0.25, 0.3) is 0 Å². The molecule has 0 amide bonds. The molecule has 0 aliphatic carbocycles. The van der Waals surface area contributed by atoms with Crippen molar-refractivity contribution in [3.8, 4) is 0 Å². The average Bonchev–Trinajstić information content (AvgIpc) is 3.27. The van der Waals surface area contributed by atoms with Crippen LogP contribution in [0.2, 0.25) is 0 Å². The van der Waals surface area contributed by atoms with Crippen LogP contribution in [0, 0.1) is 14.9 Å². The van der Waals surface area contributed by atoms with Crippen molar-refractivity contribution in [1.29, 1.82) is 0 Å². The lowest BCUT2D eigenvalue weighted by molar-refractivity contribution is 0.122. The number of aromatic nitrogens is 6. The van der Waals surface area contributed by atoms with E-state index in [0.29, 0.717) is 76.7 Å². The first-order valence-electron chi connectivity index (χ1n) is 19.4. The zero-order valence-corrected chi connectivity index (χ0v) is 36.5. The number of benzene rings is 4. The van der Waals surface area contributed by atoms with Crippen LogP contribution < -0.4 is 25.8 Å². The highest BCUT2D eigenvalue weighted by Crippen LogP contribution is 2.29. The van der Waals surface area contributed by atoms with Crippen LogP contribution in [-0.2, 0) is 36.1 Å². The summed E-state index contributed by atoms with van der Waals surface area (Å²) < 4.78 is 86.7. The molecule has 0 saturated carbocycles. The highest BCUT2D eigenvalue weighted by molar-refractivity contribution is 7.86. The molecule has 4 aromatic carbocycles. The highest BCUT2D eigenvalue weighted by Gasteiger charge is 2.20. The van der Waals surface area contributed by atoms with Gasteiger partial charge in [-0.25, -0.2) is 16.8 Å². The Labute approximate surface area is 372 Å². The van der Waals surface area contributed by atoms with Gasteiger partial charge in [-0.1, -0.05) is 72.8 Å². The lowest BCUT2D eigenvalue weighted by Crippen LogP contribution is -2.37. The maximum Gasteiger partial charge on any atom is 0.233 e. The van der Waals surface area contributed by atoms with Crippen LogP contribution in [0.3, 0.4) is 0 Å². The molecule has 2 aliphatic heterocycles. The molecule has 2 aliphatic rings. The monoisotopic (exact) mass is 907 g/mol. The molecule has 64 heavy (non-hydrogen) atoms. The van der Waals surface area contributed by atoms with Gasteiger partial charge in [0.05, 0.1) is 36.2 Å². The van der Waals surface area contributed by atoms with E-state index in [9.17, 15) is 25.9 Å². The van der Waals surface area contributed by atoms with E-state index >= 15 is 0 Å². The van der Waals surface area contributed by atoms with Gasteiger partial charge in [-0.2, -0.15) is 29.9 Å². The van der Waals surface area contributed by atoms with Gasteiger partial charge in [-0.05, 0) is 53.1 Å². The summed E-state index contributed by atoms with van der Waals surface area (Å²) in [5.74, 6) is 1.64. The number of hydrogen-bond donors (Lipinski definition) is 3. The van der Waals surface area contributed by atoms with Gasteiger partial charge >= 0.3 is 0 Å². The third kappa shape index (κ3) is 12.0. The maximum atomic E-state index is 12.6. The predicted octanol–water partition coefficient (Wildman–Crippen LogP) is 5.43. The van der Waals surface area contributed by atoms with Crippen molar-refractivity contribution in [2.24, 2.45) is 0 Å². The molecule has 0 atom stereocenters. The van der Waals surface area contributed by atoms with Crippen molar-refractivity contribution >= 4 is 79.2 Å². The second-order valence-corrected chi connectivity index (χ2v) is 16.7. The molecule has 332 valence electrons. The van der Waals surface area contributed by atoms with E-state index in [4.69, 9.17) is 9.47 Å². The number of nitrogens with one attached hydrogen (secondary N) is 3. The molecule has 4 heterocycles. The normalized spacial score (nSPS) is 14.3. The second kappa shape index (κ2) is 20.5. The lowest BCUT2D eigenvalue weighted by Gasteiger charge is -2.27. The summed E-state index contributed by atoms with van der Waals surface area (Å²) in [4.78, 5) is 30.1. The van der Waals surface area contributed by atoms with Crippen LogP contribution in [0.15, 0.2) is 107 Å². The van der Waals surface area contributed by atoms with Gasteiger partial charge in [0, 0.05) is 64.5 Å². The fourth-order valence-corrected chi connectivity index (χ4v) is 8.02. The van der Waals surface area contributed by atoms with Crippen molar-refractivity contribution in [2.75, 3.05) is 78.4 Å². The smallest absolute Gasteiger partial charge is 0.233 e. The molecule has 19 nitrogen and oxygen atoms in total. The minimum absolute atomic E-state index is 0. The maximum absolute atomic E-state index is 12.6. The first-order chi connectivity index (χ1) is 29.9. The molecule has 0 radical (unpaired) electrons. The van der Waals surface area contributed by atoms with Gasteiger partial charge < -0.3 is 44.3 Å². The molecule has 2 fully saturated rings. The molecule has 0 spiro atoms. The summed E-state index contributed by atoms with van der Waals surface area (Å²) >= 11 is 0. The van der Waals surface area contributed by atoms with Gasteiger partial charge in [0.2, 0.25) is 29.7 Å². The van der Waals surface area contributed by atoms with Crippen molar-refractivity contribution in [3.63, 3.8) is 0 Å². The molecular formula is C43H45N11O8S2. The quantitative estimate of drug-likeness (QED) is 0.0700. The molecule has 6 aromatic rings. The number of morpholine rings is 2. The first-order valence-corrected chi connectivity index (χ1v) is 22.2. The minimum Gasteiger partial charge on any atom is -0.744 e. The van der Waals surface area contributed by atoms with Crippen LogP contribution in [-0.4, -0.2) is 108 Å². The Bertz CT molecular complexity index is 2600. The Balaban J connectivity index is 0.00000340. The fourth-order valence-electron chi connectivity index (χ4n) is 6.63. The van der Waals surface area contributed by atoms with Crippen LogP contribution in [0.25, 0.3) is 12.2 Å². The number of hydrogen-bond acceptors (Lipinski definition) is 19. The zero-order chi connectivity index (χ0) is 43.1. The van der Waals surface area contributed by atoms with Crippen molar-refractivity contribution in [3.05, 3.63) is 134 Å². The summed E-state index contributed by atoms with van der Waals surface area (Å²) in [6.45, 7) is 4.14. The fraction of sp³-hybridized carbons (Fsp3) is 0.209. The number of ether oxygens (including phenoxy) is 2. The topological polar surface area (TPSA) is 253 Å². The predicted molar refractivity (Wildman–Crippen MR) is 242 cm³/mol. The van der Waals surface area contributed by atoms with Crippen LogP contribution >= 0.6 is 0 Å². The van der Waals surface area contributed by atoms with Crippen molar-refractivity contribution < 1.29 is 35.4 Å². The van der Waals surface area contributed by atoms with Gasteiger partial charge in [-0.15, -0.1) is 0 Å². The van der Waals surface area contributed by atoms with Gasteiger partial charge in [-0.3, -0.25) is 0 Å². The summed E-state index contributed by atoms with van der Waals surface area (Å²) in [6.07, 6.45) is 2.88. The molecule has 0 bridgehead atoms. The molecule has 8 rings (SSSR count). The largest absolute Gasteiger partial charge is 0.744 e. The Morgan fingerprint density at radius 2 is 0.953 bits per heavy atom. The third-order valence-electron chi connectivity index (χ3n) is 9.64. The van der Waals surface area contributed by atoms with E-state index in [1.165, 1.54) is 36.4 Å². The Morgan fingerprint density at radius 1 is 0.531 bits per heavy atom. The number of para-hydroxylation sites is 1. The van der Waals surface area contributed by atoms with Crippen LogP contribution in [0.1, 0.15) is 22.5 Å². The third-order valence-corrected chi connectivity index (χ3v) is 11.4. The summed E-state index contributed by atoms with van der Waals surface area (Å²) in [5.41, 5.74) is 1.93. The molecule has 3 N–H and O–H groups in total. The summed E-state index contributed by atoms with van der Waals surface area (Å²) in [5, 5.41) is 9.14. The standard InChI is InChI=1S/C41H41N11O8S2.2CH3/c53-61(54,55)34-26-32(43-37-45-36(25-28-7-3-1-4-8-28)46-40(48-37)51-17-21-59-22-18-51)15-13-29(34)11-12-30-14-16-33(27-35(30)62(56,57)58)44-39-47-38(42-31-9-5-2-6-10-31)49-41(50-39)52-19-23-60-24-20-52;;/h1-16,26-27H,17-25H2,(H,53,54,55)(H,56,57,58)(H,43,45,46,48)(H2,42,44,47,49,50);2*1H3/q;2*+1/p-2/b12-11+;;. The van der Waals surface area contributed by atoms with Crippen LogP contribution in [0.5, 0.6) is 0 Å². The van der Waals surface area contributed by atoms with Crippen molar-refractivity contribution in [1.82, 2.24) is 29.9 Å². The summed E-state index contributed by atoms with van der Waals surface area (Å²) in [6, 6.07) is 26.9. The second-order valence-electron chi connectivity index (χ2n) is 14.0. The SMILES string of the molecule is O=S(=O)([O-])c1cc(Nc2nc(Cc3ccccc3)nc(N3CCOCC3)n2)ccc1/C=C/c1ccc(Nc2nc(Nc3ccccc3)nc(N3CCOCC3)n2)cc1S(=O)(=O)[O-].[CH3+].[CH3+]. The van der Waals surface area contributed by atoms with Gasteiger partial charge in [0.1, 0.15) is 26.1 Å². The Kier molecular flexibility index (Phi) is 15.0.